The molecule has 0 saturated heterocycles. The Morgan fingerprint density at radius 2 is 1.11 bits per heavy atom. The van der Waals surface area contributed by atoms with Gasteiger partial charge in [0.25, 0.3) is 0 Å². The molecule has 0 bridgehead atoms. The van der Waals surface area contributed by atoms with Crippen molar-refractivity contribution in [3.63, 3.8) is 0 Å². The molecule has 0 atom stereocenters. The molecule has 0 N–H and O–H groups in total. The van der Waals surface area contributed by atoms with Crippen molar-refractivity contribution in [1.82, 2.24) is 4.98 Å². The Bertz CT molecular complexity index is 1020. The van der Waals surface area contributed by atoms with Crippen LogP contribution in [0.2, 0.25) is 0 Å². The lowest BCUT2D eigenvalue weighted by atomic mass is 9.86. The van der Waals surface area contributed by atoms with Gasteiger partial charge in [0.05, 0.1) is 0 Å². The Morgan fingerprint density at radius 1 is 0.607 bits per heavy atom. The van der Waals surface area contributed by atoms with Gasteiger partial charge in [-0.1, -0.05) is 97.1 Å². The average molecular weight is 361 g/mol. The van der Waals surface area contributed by atoms with E-state index in [0.29, 0.717) is 0 Å². The van der Waals surface area contributed by atoms with E-state index in [4.69, 9.17) is 0 Å². The molecule has 1 heterocycles. The topological polar surface area (TPSA) is 12.9 Å². The van der Waals surface area contributed by atoms with Gasteiger partial charge >= 0.3 is 0 Å². The van der Waals surface area contributed by atoms with Gasteiger partial charge in [0.1, 0.15) is 0 Å². The van der Waals surface area contributed by atoms with Crippen LogP contribution in [0.3, 0.4) is 0 Å². The van der Waals surface area contributed by atoms with Crippen molar-refractivity contribution in [1.29, 1.82) is 0 Å². The number of nitrogens with zero attached hydrogens (tertiary/aromatic N) is 1. The Balaban J connectivity index is 1.99. The van der Waals surface area contributed by atoms with Crippen LogP contribution in [-0.4, -0.2) is 4.98 Å². The molecule has 1 nitrogen and oxygen atoms in total. The molecule has 0 aliphatic rings. The number of benzene rings is 3. The summed E-state index contributed by atoms with van der Waals surface area (Å²) in [6.45, 7) is 2.13. The first-order chi connectivity index (χ1) is 13.8. The number of allylic oxidation sites excluding steroid dienone is 1. The van der Waals surface area contributed by atoms with Gasteiger partial charge in [-0.25, -0.2) is 0 Å². The molecule has 1 heteroatoms. The van der Waals surface area contributed by atoms with E-state index in [9.17, 15) is 0 Å². The fourth-order valence-corrected chi connectivity index (χ4v) is 3.57. The molecule has 4 aromatic rings. The first-order valence-electron chi connectivity index (χ1n) is 9.63. The van der Waals surface area contributed by atoms with E-state index in [0.717, 1.165) is 12.1 Å². The minimum absolute atomic E-state index is 0.788. The largest absolute Gasteiger partial charge is 0.261 e. The minimum Gasteiger partial charge on any atom is -0.261 e. The van der Waals surface area contributed by atoms with Crippen LogP contribution in [0.5, 0.6) is 0 Å². The van der Waals surface area contributed by atoms with Gasteiger partial charge in [-0.05, 0) is 46.4 Å². The molecular weight excluding hydrogens is 338 g/mol. The highest BCUT2D eigenvalue weighted by Crippen LogP contribution is 2.34. The second-order valence-corrected chi connectivity index (χ2v) is 6.90. The van der Waals surface area contributed by atoms with Crippen LogP contribution in [0.15, 0.2) is 109 Å². The molecule has 4 rings (SSSR count). The highest BCUT2D eigenvalue weighted by atomic mass is 14.7. The quantitative estimate of drug-likeness (QED) is 0.365. The van der Waals surface area contributed by atoms with Gasteiger partial charge in [0, 0.05) is 18.3 Å². The molecule has 0 unspecified atom stereocenters. The van der Waals surface area contributed by atoms with Crippen molar-refractivity contribution in [3.05, 3.63) is 137 Å². The zero-order valence-electron chi connectivity index (χ0n) is 16.0. The predicted octanol–water partition coefficient (Wildman–Crippen LogP) is 6.59. The molecule has 0 aliphatic carbocycles. The fraction of sp³-hybridized carbons (Fsp3) is 0.0741. The smallest absolute Gasteiger partial charge is 0.0476 e. The van der Waals surface area contributed by atoms with Gasteiger partial charge in [0.15, 0.2) is 0 Å². The van der Waals surface area contributed by atoms with E-state index in [1.165, 1.54) is 33.4 Å². The summed E-state index contributed by atoms with van der Waals surface area (Å²) in [5, 5.41) is 0. The summed E-state index contributed by atoms with van der Waals surface area (Å²) >= 11 is 0. The normalized spacial score (nSPS) is 10.5. The second kappa shape index (κ2) is 8.49. The third kappa shape index (κ3) is 3.94. The lowest BCUT2D eigenvalue weighted by Crippen LogP contribution is -2.01. The molecule has 0 radical (unpaired) electrons. The van der Waals surface area contributed by atoms with Gasteiger partial charge in [-0.3, -0.25) is 4.98 Å². The number of hydrogen-bond donors (Lipinski definition) is 0. The standard InChI is InChI=1S/C27H23N/c1-21-12-11-19-28-26(21)20-25(22-13-5-2-6-14-22)27(23-15-7-3-8-16-23)24-17-9-4-10-18-24/h2-19H,20H2,1H3. The van der Waals surface area contributed by atoms with Gasteiger partial charge in [0.2, 0.25) is 0 Å². The molecule has 28 heavy (non-hydrogen) atoms. The average Bonchev–Trinajstić information content (AvgIpc) is 2.77. The van der Waals surface area contributed by atoms with Gasteiger partial charge in [-0.15, -0.1) is 0 Å². The predicted molar refractivity (Wildman–Crippen MR) is 118 cm³/mol. The maximum absolute atomic E-state index is 4.68. The van der Waals surface area contributed by atoms with E-state index in [2.05, 4.69) is 109 Å². The molecule has 0 spiro atoms. The molecule has 0 fully saturated rings. The Kier molecular flexibility index (Phi) is 5.44. The van der Waals surface area contributed by atoms with Crippen LogP contribution in [0.25, 0.3) is 11.1 Å². The Hall–Kier alpha value is -3.45. The molecule has 0 amide bonds. The van der Waals surface area contributed by atoms with Crippen molar-refractivity contribution in [2.45, 2.75) is 13.3 Å². The summed E-state index contributed by atoms with van der Waals surface area (Å²) in [7, 11) is 0. The summed E-state index contributed by atoms with van der Waals surface area (Å²) < 4.78 is 0. The van der Waals surface area contributed by atoms with E-state index >= 15 is 0 Å². The van der Waals surface area contributed by atoms with Crippen molar-refractivity contribution in [2.75, 3.05) is 0 Å². The number of aryl methyl sites for hydroxylation is 1. The van der Waals surface area contributed by atoms with Crippen LogP contribution in [0.4, 0.5) is 0 Å². The molecule has 0 saturated carbocycles. The fourth-order valence-electron chi connectivity index (χ4n) is 3.57. The minimum atomic E-state index is 0.788. The SMILES string of the molecule is Cc1cccnc1CC(=C(c1ccccc1)c1ccccc1)c1ccccc1. The third-order valence-corrected chi connectivity index (χ3v) is 5.01. The van der Waals surface area contributed by atoms with Crippen molar-refractivity contribution < 1.29 is 0 Å². The maximum Gasteiger partial charge on any atom is 0.0476 e. The van der Waals surface area contributed by atoms with E-state index in [1.54, 1.807) is 0 Å². The van der Waals surface area contributed by atoms with Crippen LogP contribution in [0.1, 0.15) is 27.9 Å². The Morgan fingerprint density at radius 3 is 1.61 bits per heavy atom. The van der Waals surface area contributed by atoms with E-state index in [1.807, 2.05) is 12.3 Å². The molecular formula is C27H23N. The second-order valence-electron chi connectivity index (χ2n) is 6.90. The molecule has 1 aromatic heterocycles. The summed E-state index contributed by atoms with van der Waals surface area (Å²) in [5.74, 6) is 0. The number of hydrogen-bond acceptors (Lipinski definition) is 1. The summed E-state index contributed by atoms with van der Waals surface area (Å²) in [5.41, 5.74) is 8.57. The van der Waals surface area contributed by atoms with Crippen LogP contribution in [0, 0.1) is 6.92 Å². The summed E-state index contributed by atoms with van der Waals surface area (Å²) in [6, 6.07) is 36.1. The highest BCUT2D eigenvalue weighted by Gasteiger charge is 2.15. The van der Waals surface area contributed by atoms with Crippen molar-refractivity contribution in [3.8, 4) is 0 Å². The zero-order valence-corrected chi connectivity index (χ0v) is 16.0. The van der Waals surface area contributed by atoms with Gasteiger partial charge < -0.3 is 0 Å². The van der Waals surface area contributed by atoms with Gasteiger partial charge in [-0.2, -0.15) is 0 Å². The zero-order chi connectivity index (χ0) is 19.2. The van der Waals surface area contributed by atoms with Crippen LogP contribution >= 0.6 is 0 Å². The number of rotatable bonds is 5. The lowest BCUT2D eigenvalue weighted by Gasteiger charge is -2.18. The van der Waals surface area contributed by atoms with Crippen molar-refractivity contribution >= 4 is 11.1 Å². The molecule has 136 valence electrons. The lowest BCUT2D eigenvalue weighted by molar-refractivity contribution is 1.08. The van der Waals surface area contributed by atoms with Crippen molar-refractivity contribution in [2.24, 2.45) is 0 Å². The molecule has 0 aliphatic heterocycles. The monoisotopic (exact) mass is 361 g/mol. The first-order valence-corrected chi connectivity index (χ1v) is 9.63. The first kappa shape index (κ1) is 17.9. The Labute approximate surface area is 167 Å². The highest BCUT2D eigenvalue weighted by molar-refractivity contribution is 5.99. The van der Waals surface area contributed by atoms with E-state index in [-0.39, 0.29) is 0 Å². The van der Waals surface area contributed by atoms with E-state index < -0.39 is 0 Å². The summed E-state index contributed by atoms with van der Waals surface area (Å²) in [6.07, 6.45) is 2.67. The molecule has 3 aromatic carbocycles. The number of pyridine rings is 1. The van der Waals surface area contributed by atoms with Crippen LogP contribution in [-0.2, 0) is 6.42 Å². The number of aromatic nitrogens is 1. The maximum atomic E-state index is 4.68. The summed E-state index contributed by atoms with van der Waals surface area (Å²) in [4.78, 5) is 4.68. The third-order valence-electron chi connectivity index (χ3n) is 5.01. The van der Waals surface area contributed by atoms with Crippen LogP contribution < -0.4 is 0 Å².